The van der Waals surface area contributed by atoms with E-state index in [9.17, 15) is 9.59 Å². The van der Waals surface area contributed by atoms with Crippen LogP contribution in [0.2, 0.25) is 0 Å². The zero-order chi connectivity index (χ0) is 9.84. The summed E-state index contributed by atoms with van der Waals surface area (Å²) >= 11 is 0. The number of hydrogen-bond acceptors (Lipinski definition) is 3. The molecule has 1 fully saturated rings. The molecule has 0 aromatic heterocycles. The zero-order valence-corrected chi connectivity index (χ0v) is 7.40. The number of likely N-dealkylation sites (tertiary alicyclic amines) is 1. The molecule has 5 heteroatoms. The number of hydrogen-bond donors (Lipinski definition) is 2. The first-order valence-corrected chi connectivity index (χ1v) is 4.34. The predicted octanol–water partition coefficient (Wildman–Crippen LogP) is -0.589. The van der Waals surface area contributed by atoms with E-state index in [2.05, 4.69) is 0 Å². The number of aliphatic carboxylic acids is 1. The highest BCUT2D eigenvalue weighted by atomic mass is 16.4. The number of piperidine rings is 1. The van der Waals surface area contributed by atoms with Crippen molar-refractivity contribution >= 4 is 11.9 Å². The maximum atomic E-state index is 11.2. The van der Waals surface area contributed by atoms with E-state index in [1.807, 2.05) is 0 Å². The Balaban J connectivity index is 2.41. The van der Waals surface area contributed by atoms with Gasteiger partial charge in [0.05, 0.1) is 0 Å². The van der Waals surface area contributed by atoms with Crippen LogP contribution in [0, 0.1) is 0 Å². The fraction of sp³-hybridized carbons (Fsp3) is 0.750. The Hall–Kier alpha value is -1.10. The lowest BCUT2D eigenvalue weighted by Gasteiger charge is -2.30. The molecule has 0 spiro atoms. The smallest absolute Gasteiger partial charge is 0.312 e. The van der Waals surface area contributed by atoms with Crippen LogP contribution in [0.1, 0.15) is 19.3 Å². The van der Waals surface area contributed by atoms with Crippen LogP contribution in [0.4, 0.5) is 0 Å². The molecule has 0 saturated carbocycles. The third-order valence-corrected chi connectivity index (χ3v) is 2.11. The third-order valence-electron chi connectivity index (χ3n) is 2.11. The van der Waals surface area contributed by atoms with E-state index in [-0.39, 0.29) is 11.9 Å². The summed E-state index contributed by atoms with van der Waals surface area (Å²) in [7, 11) is 0. The molecule has 3 N–H and O–H groups in total. The molecule has 0 aromatic carbocycles. The van der Waals surface area contributed by atoms with Gasteiger partial charge in [0.25, 0.3) is 0 Å². The number of carbonyl (C=O) groups excluding carboxylic acids is 1. The molecule has 13 heavy (non-hydrogen) atoms. The molecule has 1 amide bonds. The molecule has 5 nitrogen and oxygen atoms in total. The Labute approximate surface area is 76.5 Å². The number of carbonyl (C=O) groups is 2. The number of nitrogens with two attached hydrogens (primary N) is 1. The number of rotatable bonds is 2. The van der Waals surface area contributed by atoms with Crippen LogP contribution in [0.3, 0.4) is 0 Å². The molecule has 0 bridgehead atoms. The summed E-state index contributed by atoms with van der Waals surface area (Å²) in [5.74, 6) is -1.41. The van der Waals surface area contributed by atoms with Gasteiger partial charge in [-0.25, -0.2) is 0 Å². The summed E-state index contributed by atoms with van der Waals surface area (Å²) in [6.07, 6.45) is 1.36. The van der Waals surface area contributed by atoms with E-state index >= 15 is 0 Å². The van der Waals surface area contributed by atoms with Crippen molar-refractivity contribution in [3.8, 4) is 0 Å². The number of nitrogens with zero attached hydrogens (tertiary/aromatic N) is 1. The highest BCUT2D eigenvalue weighted by Gasteiger charge is 2.22. The fourth-order valence-electron chi connectivity index (χ4n) is 1.48. The van der Waals surface area contributed by atoms with Gasteiger partial charge in [0.15, 0.2) is 0 Å². The number of amides is 1. The Morgan fingerprint density at radius 1 is 1.54 bits per heavy atom. The maximum Gasteiger partial charge on any atom is 0.312 e. The van der Waals surface area contributed by atoms with Gasteiger partial charge >= 0.3 is 5.97 Å². The quantitative estimate of drug-likeness (QED) is 0.565. The lowest BCUT2D eigenvalue weighted by molar-refractivity contribution is -0.144. The van der Waals surface area contributed by atoms with Crippen molar-refractivity contribution in [2.24, 2.45) is 5.73 Å². The Kier molecular flexibility index (Phi) is 3.25. The number of carboxylic acids is 1. The first-order valence-electron chi connectivity index (χ1n) is 4.34. The van der Waals surface area contributed by atoms with Crippen molar-refractivity contribution in [1.82, 2.24) is 4.90 Å². The van der Waals surface area contributed by atoms with Crippen LogP contribution >= 0.6 is 0 Å². The second-order valence-corrected chi connectivity index (χ2v) is 3.31. The van der Waals surface area contributed by atoms with Crippen LogP contribution < -0.4 is 5.73 Å². The van der Waals surface area contributed by atoms with Gasteiger partial charge < -0.3 is 15.7 Å². The van der Waals surface area contributed by atoms with E-state index in [4.69, 9.17) is 10.8 Å². The van der Waals surface area contributed by atoms with Gasteiger partial charge in [-0.15, -0.1) is 0 Å². The maximum absolute atomic E-state index is 11.2. The zero-order valence-electron chi connectivity index (χ0n) is 7.40. The molecule has 1 heterocycles. The fourth-order valence-corrected chi connectivity index (χ4v) is 1.48. The Morgan fingerprint density at radius 2 is 2.23 bits per heavy atom. The molecule has 0 aromatic rings. The first-order chi connectivity index (χ1) is 6.09. The van der Waals surface area contributed by atoms with Gasteiger partial charge in [-0.3, -0.25) is 9.59 Å². The molecular formula is C8H14N2O3. The second-order valence-electron chi connectivity index (χ2n) is 3.31. The van der Waals surface area contributed by atoms with E-state index in [0.717, 1.165) is 12.8 Å². The van der Waals surface area contributed by atoms with Crippen LogP contribution in [0.5, 0.6) is 0 Å². The minimum Gasteiger partial charge on any atom is -0.481 e. The lowest BCUT2D eigenvalue weighted by atomic mass is 10.1. The molecule has 1 rings (SSSR count). The minimum absolute atomic E-state index is 0.00601. The minimum atomic E-state index is -1.08. The van der Waals surface area contributed by atoms with Gasteiger partial charge in [-0.2, -0.15) is 0 Å². The number of carboxylic acid groups (broad SMARTS) is 1. The van der Waals surface area contributed by atoms with Crippen molar-refractivity contribution < 1.29 is 14.7 Å². The topological polar surface area (TPSA) is 83.6 Å². The summed E-state index contributed by atoms with van der Waals surface area (Å²) in [4.78, 5) is 23.0. The van der Waals surface area contributed by atoms with Gasteiger partial charge in [0.2, 0.25) is 5.91 Å². The predicted molar refractivity (Wildman–Crippen MR) is 46.0 cm³/mol. The van der Waals surface area contributed by atoms with Crippen LogP contribution in [0.15, 0.2) is 0 Å². The van der Waals surface area contributed by atoms with Gasteiger partial charge in [0, 0.05) is 19.1 Å². The van der Waals surface area contributed by atoms with Gasteiger partial charge in [-0.1, -0.05) is 0 Å². The van der Waals surface area contributed by atoms with Crippen molar-refractivity contribution in [2.75, 3.05) is 13.1 Å². The average molecular weight is 186 g/mol. The summed E-state index contributed by atoms with van der Waals surface area (Å²) in [5, 5.41) is 8.40. The molecule has 0 aliphatic carbocycles. The molecule has 1 aliphatic rings. The van der Waals surface area contributed by atoms with E-state index in [1.54, 1.807) is 0 Å². The highest BCUT2D eigenvalue weighted by Crippen LogP contribution is 2.09. The van der Waals surface area contributed by atoms with E-state index < -0.39 is 12.4 Å². The largest absolute Gasteiger partial charge is 0.481 e. The van der Waals surface area contributed by atoms with Crippen molar-refractivity contribution in [3.05, 3.63) is 0 Å². The molecule has 1 unspecified atom stereocenters. The molecular weight excluding hydrogens is 172 g/mol. The van der Waals surface area contributed by atoms with Crippen molar-refractivity contribution in [3.63, 3.8) is 0 Å². The first kappa shape index (κ1) is 9.98. The standard InChI is InChI=1S/C8H14N2O3/c9-6-2-1-3-10(5-6)7(11)4-8(12)13/h6H,1-5,9H2,(H,12,13). The van der Waals surface area contributed by atoms with Gasteiger partial charge in [0.1, 0.15) is 6.42 Å². The molecule has 0 radical (unpaired) electrons. The van der Waals surface area contributed by atoms with E-state index in [1.165, 1.54) is 4.90 Å². The van der Waals surface area contributed by atoms with Crippen molar-refractivity contribution in [1.29, 1.82) is 0 Å². The third kappa shape index (κ3) is 3.02. The molecule has 1 saturated heterocycles. The monoisotopic (exact) mass is 186 g/mol. The second kappa shape index (κ2) is 4.23. The SMILES string of the molecule is NC1CCCN(C(=O)CC(=O)O)C1. The lowest BCUT2D eigenvalue weighted by Crippen LogP contribution is -2.46. The molecule has 1 aliphatic heterocycles. The van der Waals surface area contributed by atoms with E-state index in [0.29, 0.717) is 13.1 Å². The summed E-state index contributed by atoms with van der Waals surface area (Å²) < 4.78 is 0. The van der Waals surface area contributed by atoms with Crippen LogP contribution in [0.25, 0.3) is 0 Å². The Morgan fingerprint density at radius 3 is 2.77 bits per heavy atom. The average Bonchev–Trinajstić information content (AvgIpc) is 2.03. The van der Waals surface area contributed by atoms with Crippen molar-refractivity contribution in [2.45, 2.75) is 25.3 Å². The van der Waals surface area contributed by atoms with Crippen LogP contribution in [-0.2, 0) is 9.59 Å². The highest BCUT2D eigenvalue weighted by molar-refractivity contribution is 5.93. The molecule has 1 atom stereocenters. The normalized spacial score (nSPS) is 22.8. The summed E-state index contributed by atoms with van der Waals surface area (Å²) in [5.41, 5.74) is 5.65. The van der Waals surface area contributed by atoms with Gasteiger partial charge in [-0.05, 0) is 12.8 Å². The summed E-state index contributed by atoms with van der Waals surface area (Å²) in [6.45, 7) is 1.13. The Bertz CT molecular complexity index is 217. The molecule has 74 valence electrons. The summed E-state index contributed by atoms with van der Waals surface area (Å²) in [6, 6.07) is 0.00601. The van der Waals surface area contributed by atoms with Crippen LogP contribution in [-0.4, -0.2) is 41.0 Å².